The number of nitrogen functional groups attached to an aromatic ring is 2. The van der Waals surface area contributed by atoms with Gasteiger partial charge in [0.1, 0.15) is 23.2 Å². The Bertz CT molecular complexity index is 617. The Hall–Kier alpha value is -2.11. The number of benzene rings is 1. The molecule has 0 radical (unpaired) electrons. The average molecular weight is 250 g/mol. The summed E-state index contributed by atoms with van der Waals surface area (Å²) in [5.74, 6) is 5.62. The molecule has 1 aliphatic carbocycles. The highest BCUT2D eigenvalue weighted by Crippen LogP contribution is 2.41. The van der Waals surface area contributed by atoms with Crippen molar-refractivity contribution in [2.75, 3.05) is 11.6 Å². The van der Waals surface area contributed by atoms with E-state index >= 15 is 0 Å². The SMILES string of the molecule is Nc1c(-c2ccc(F)cc2F)nc(C2CC2)n1N. The van der Waals surface area contributed by atoms with E-state index in [9.17, 15) is 8.78 Å². The molecule has 1 aromatic carbocycles. The smallest absolute Gasteiger partial charge is 0.150 e. The van der Waals surface area contributed by atoms with E-state index < -0.39 is 11.6 Å². The quantitative estimate of drug-likeness (QED) is 0.801. The van der Waals surface area contributed by atoms with E-state index in [0.717, 1.165) is 18.9 Å². The van der Waals surface area contributed by atoms with Crippen molar-refractivity contribution in [3.05, 3.63) is 35.7 Å². The summed E-state index contributed by atoms with van der Waals surface area (Å²) in [5, 5.41) is 0. The Morgan fingerprint density at radius 3 is 2.61 bits per heavy atom. The molecular weight excluding hydrogens is 238 g/mol. The van der Waals surface area contributed by atoms with Crippen LogP contribution in [-0.2, 0) is 0 Å². The molecule has 18 heavy (non-hydrogen) atoms. The number of rotatable bonds is 2. The molecule has 0 bridgehead atoms. The van der Waals surface area contributed by atoms with Crippen LogP contribution in [0.25, 0.3) is 11.3 Å². The van der Waals surface area contributed by atoms with Crippen LogP contribution < -0.4 is 11.6 Å². The Kier molecular flexibility index (Phi) is 2.26. The molecule has 3 rings (SSSR count). The van der Waals surface area contributed by atoms with Gasteiger partial charge in [-0.05, 0) is 25.0 Å². The van der Waals surface area contributed by atoms with Crippen molar-refractivity contribution in [1.29, 1.82) is 0 Å². The highest BCUT2D eigenvalue weighted by Gasteiger charge is 2.31. The van der Waals surface area contributed by atoms with Crippen LogP contribution >= 0.6 is 0 Å². The first-order chi connectivity index (χ1) is 8.58. The molecule has 1 fully saturated rings. The third-order valence-corrected chi connectivity index (χ3v) is 3.10. The van der Waals surface area contributed by atoms with Gasteiger partial charge < -0.3 is 11.6 Å². The number of halogens is 2. The van der Waals surface area contributed by atoms with Gasteiger partial charge in [0, 0.05) is 17.5 Å². The molecule has 6 heteroatoms. The summed E-state index contributed by atoms with van der Waals surface area (Å²) in [6, 6.07) is 3.30. The minimum absolute atomic E-state index is 0.167. The van der Waals surface area contributed by atoms with Crippen LogP contribution in [0.3, 0.4) is 0 Å². The lowest BCUT2D eigenvalue weighted by molar-refractivity contribution is 0.585. The van der Waals surface area contributed by atoms with Crippen LogP contribution in [0.4, 0.5) is 14.6 Å². The molecule has 1 heterocycles. The van der Waals surface area contributed by atoms with Crippen molar-refractivity contribution in [3.63, 3.8) is 0 Å². The van der Waals surface area contributed by atoms with Gasteiger partial charge in [-0.25, -0.2) is 18.4 Å². The van der Waals surface area contributed by atoms with Crippen LogP contribution in [0.2, 0.25) is 0 Å². The number of hydrogen-bond acceptors (Lipinski definition) is 3. The predicted molar refractivity (Wildman–Crippen MR) is 64.1 cm³/mol. The first kappa shape index (κ1) is 11.0. The molecular formula is C12H12F2N4. The maximum Gasteiger partial charge on any atom is 0.150 e. The first-order valence-electron chi connectivity index (χ1n) is 5.66. The Morgan fingerprint density at radius 1 is 1.28 bits per heavy atom. The maximum absolute atomic E-state index is 13.7. The largest absolute Gasteiger partial charge is 0.382 e. The van der Waals surface area contributed by atoms with Gasteiger partial charge in [-0.2, -0.15) is 0 Å². The van der Waals surface area contributed by atoms with Gasteiger partial charge in [0.2, 0.25) is 0 Å². The summed E-state index contributed by atoms with van der Waals surface area (Å²) in [7, 11) is 0. The van der Waals surface area contributed by atoms with E-state index in [1.807, 2.05) is 0 Å². The van der Waals surface area contributed by atoms with Crippen LogP contribution in [-0.4, -0.2) is 9.66 Å². The van der Waals surface area contributed by atoms with Gasteiger partial charge >= 0.3 is 0 Å². The van der Waals surface area contributed by atoms with E-state index in [-0.39, 0.29) is 17.1 Å². The third kappa shape index (κ3) is 1.61. The highest BCUT2D eigenvalue weighted by atomic mass is 19.1. The van der Waals surface area contributed by atoms with Gasteiger partial charge in [-0.15, -0.1) is 0 Å². The van der Waals surface area contributed by atoms with Crippen LogP contribution in [0, 0.1) is 11.6 Å². The molecule has 1 aromatic heterocycles. The normalized spacial score (nSPS) is 15.0. The van der Waals surface area contributed by atoms with Gasteiger partial charge in [0.15, 0.2) is 5.82 Å². The summed E-state index contributed by atoms with van der Waals surface area (Å²) in [5.41, 5.74) is 6.26. The Balaban J connectivity index is 2.13. The second kappa shape index (κ2) is 3.69. The zero-order valence-corrected chi connectivity index (χ0v) is 9.53. The lowest BCUT2D eigenvalue weighted by Crippen LogP contribution is -2.14. The van der Waals surface area contributed by atoms with Gasteiger partial charge in [0.25, 0.3) is 0 Å². The summed E-state index contributed by atoms with van der Waals surface area (Å²) < 4.78 is 27.8. The zero-order valence-electron chi connectivity index (χ0n) is 9.53. The second-order valence-electron chi connectivity index (χ2n) is 4.47. The highest BCUT2D eigenvalue weighted by molar-refractivity contribution is 5.71. The summed E-state index contributed by atoms with van der Waals surface area (Å²) in [6.45, 7) is 0. The molecule has 0 amide bonds. The van der Waals surface area contributed by atoms with E-state index in [4.69, 9.17) is 11.6 Å². The summed E-state index contributed by atoms with van der Waals surface area (Å²) >= 11 is 0. The lowest BCUT2D eigenvalue weighted by Gasteiger charge is -2.02. The minimum Gasteiger partial charge on any atom is -0.382 e. The van der Waals surface area contributed by atoms with Gasteiger partial charge in [-0.1, -0.05) is 0 Å². The molecule has 4 N–H and O–H groups in total. The fraction of sp³-hybridized carbons (Fsp3) is 0.250. The van der Waals surface area contributed by atoms with Crippen molar-refractivity contribution in [1.82, 2.24) is 9.66 Å². The minimum atomic E-state index is -0.692. The molecule has 94 valence electrons. The van der Waals surface area contributed by atoms with Crippen molar-refractivity contribution >= 4 is 5.82 Å². The lowest BCUT2D eigenvalue weighted by atomic mass is 10.1. The molecule has 4 nitrogen and oxygen atoms in total. The van der Waals surface area contributed by atoms with Crippen LogP contribution in [0.5, 0.6) is 0 Å². The predicted octanol–water partition coefficient (Wildman–Crippen LogP) is 2.00. The Labute approximate surface area is 102 Å². The number of anilines is 1. The first-order valence-corrected chi connectivity index (χ1v) is 5.66. The van der Waals surface area contributed by atoms with Crippen LogP contribution in [0.1, 0.15) is 24.6 Å². The van der Waals surface area contributed by atoms with E-state index in [0.29, 0.717) is 11.7 Å². The fourth-order valence-electron chi connectivity index (χ4n) is 1.97. The Morgan fingerprint density at radius 2 is 2.00 bits per heavy atom. The van der Waals surface area contributed by atoms with E-state index in [1.54, 1.807) is 0 Å². The molecule has 1 aliphatic rings. The number of aromatic nitrogens is 2. The molecule has 0 aliphatic heterocycles. The van der Waals surface area contributed by atoms with Gasteiger partial charge in [0.05, 0.1) is 0 Å². The number of imidazole rings is 1. The molecule has 0 unspecified atom stereocenters. The molecule has 0 saturated heterocycles. The van der Waals surface area contributed by atoms with Gasteiger partial charge in [-0.3, -0.25) is 0 Å². The van der Waals surface area contributed by atoms with Crippen molar-refractivity contribution in [2.45, 2.75) is 18.8 Å². The number of nitrogens with two attached hydrogens (primary N) is 2. The van der Waals surface area contributed by atoms with Crippen molar-refractivity contribution < 1.29 is 8.78 Å². The zero-order chi connectivity index (χ0) is 12.9. The van der Waals surface area contributed by atoms with E-state index in [1.165, 1.54) is 16.8 Å². The second-order valence-corrected chi connectivity index (χ2v) is 4.47. The molecule has 2 aromatic rings. The molecule has 0 atom stereocenters. The summed E-state index contributed by atoms with van der Waals surface area (Å²) in [4.78, 5) is 4.28. The summed E-state index contributed by atoms with van der Waals surface area (Å²) in [6.07, 6.45) is 2.03. The molecule has 1 saturated carbocycles. The van der Waals surface area contributed by atoms with Crippen LogP contribution in [0.15, 0.2) is 18.2 Å². The van der Waals surface area contributed by atoms with Crippen molar-refractivity contribution in [3.8, 4) is 11.3 Å². The van der Waals surface area contributed by atoms with Crippen molar-refractivity contribution in [2.24, 2.45) is 0 Å². The fourth-order valence-corrected chi connectivity index (χ4v) is 1.97. The number of nitrogens with zero attached hydrogens (tertiary/aromatic N) is 2. The molecule has 0 spiro atoms. The maximum atomic E-state index is 13.7. The number of hydrogen-bond donors (Lipinski definition) is 2. The standard InChI is InChI=1S/C12H12F2N4/c13-7-3-4-8(9(14)5-7)10-11(15)18(16)12(17-10)6-1-2-6/h3-6H,1-2,15-16H2. The monoisotopic (exact) mass is 250 g/mol. The average Bonchev–Trinajstić information content (AvgIpc) is 3.11. The third-order valence-electron chi connectivity index (χ3n) is 3.10. The topological polar surface area (TPSA) is 69.9 Å². The van der Waals surface area contributed by atoms with E-state index in [2.05, 4.69) is 4.98 Å².